The molecule has 1 aliphatic rings. The highest BCUT2D eigenvalue weighted by Crippen LogP contribution is 2.22. The van der Waals surface area contributed by atoms with Crippen LogP contribution in [-0.2, 0) is 97.5 Å². The molecule has 642 valence electrons. The van der Waals surface area contributed by atoms with Gasteiger partial charge in [-0.2, -0.15) is 0 Å². The molecule has 14 amide bonds. The lowest BCUT2D eigenvalue weighted by Gasteiger charge is -2.30. The Bertz CT molecular complexity index is 4080. The summed E-state index contributed by atoms with van der Waals surface area (Å²) in [6.07, 6.45) is -1.44. The zero-order valence-corrected chi connectivity index (χ0v) is 64.9. The van der Waals surface area contributed by atoms with Crippen LogP contribution in [-0.4, -0.2) is 254 Å². The van der Waals surface area contributed by atoms with Crippen LogP contribution < -0.4 is 91.6 Å². The Hall–Kier alpha value is -12.9. The quantitative estimate of drug-likeness (QED) is 0.00643. The van der Waals surface area contributed by atoms with Crippen LogP contribution in [0.3, 0.4) is 0 Å². The van der Waals surface area contributed by atoms with Crippen LogP contribution in [0.5, 0.6) is 0 Å². The molecule has 0 saturated carbocycles. The number of carbonyl (C=O) groups is 19. The number of hydrogen-bond donors (Lipinski definition) is 24. The van der Waals surface area contributed by atoms with Gasteiger partial charge in [-0.1, -0.05) is 82.7 Å². The van der Waals surface area contributed by atoms with Gasteiger partial charge < -0.3 is 127 Å². The number of carbonyl (C=O) groups excluding carboxylic acids is 16. The number of amides is 14. The number of aliphatic hydroxyl groups excluding tert-OH is 2. The van der Waals surface area contributed by atoms with E-state index in [0.717, 1.165) is 52.9 Å². The molecule has 1 fully saturated rings. The number of aromatic nitrogens is 1. The first-order valence-corrected chi connectivity index (χ1v) is 37.6. The zero-order valence-electron chi connectivity index (χ0n) is 64.9. The van der Waals surface area contributed by atoms with Gasteiger partial charge in [0, 0.05) is 60.8 Å². The van der Waals surface area contributed by atoms with E-state index in [0.29, 0.717) is 29.3 Å². The number of primary amides is 1. The predicted octanol–water partition coefficient (Wildman–Crippen LogP) is -6.19. The maximum atomic E-state index is 14.9. The van der Waals surface area contributed by atoms with Gasteiger partial charge in [0.2, 0.25) is 82.7 Å². The van der Waals surface area contributed by atoms with Crippen molar-refractivity contribution in [1.29, 1.82) is 5.41 Å². The molecular formula is C73H105N19O25. The second-order valence-corrected chi connectivity index (χ2v) is 27.7. The molecule has 1 aromatic heterocycles. The topological polar surface area (TPSA) is 721 Å². The first-order valence-electron chi connectivity index (χ1n) is 37.6. The molecule has 2 heterocycles. The molecule has 4 rings (SSSR count). The van der Waals surface area contributed by atoms with Gasteiger partial charge in [-0.15, -0.1) is 0 Å². The SMILES string of the molecule is CCCCCCCCCC(=O)N[C@@H](Cc1c[nH]c2ccccc12)C(=O)N[C@@H](CC(N)=O)C(=O)N[C@@H](CCO)C(=O)N[C@@H]1C(=O)NCC(=O)N[C@@H](CCCNC(=N)N)C(=O)N[C@@H](CC(=O)O)C(=O)N[C@H](C)C(=O)N[C@@H](CC(=O)O)C(=O)NCC(=O)N[C@H](CO)C(=O)N[C@@H]([C@H](C)CC(=O)O)C(=O)N[C@@H](CC(=O)c2ccccc2N)C(=O)O[C@@H]1C. The van der Waals surface area contributed by atoms with Crippen molar-refractivity contribution in [2.45, 2.75) is 209 Å². The minimum absolute atomic E-state index is 0.00805. The molecule has 2 aromatic carbocycles. The fraction of sp³-hybridized carbons (Fsp3) is 0.534. The minimum atomic E-state index is -2.36. The number of rotatable bonds is 36. The van der Waals surface area contributed by atoms with Crippen LogP contribution in [0, 0.1) is 11.3 Å². The smallest absolute Gasteiger partial charge is 0.329 e. The number of para-hydroxylation sites is 2. The van der Waals surface area contributed by atoms with Crippen molar-refractivity contribution in [2.24, 2.45) is 17.4 Å². The average molecular weight is 1650 g/mol. The summed E-state index contributed by atoms with van der Waals surface area (Å²) in [6.45, 7) is 0.267. The highest BCUT2D eigenvalue weighted by atomic mass is 16.5. The molecule has 0 spiro atoms. The number of anilines is 1. The summed E-state index contributed by atoms with van der Waals surface area (Å²) in [5, 5.41) is 89.6. The molecule has 0 aliphatic carbocycles. The number of benzene rings is 2. The normalized spacial score (nSPS) is 21.0. The monoisotopic (exact) mass is 1650 g/mol. The number of nitrogens with two attached hydrogens (primary N) is 3. The summed E-state index contributed by atoms with van der Waals surface area (Å²) >= 11 is 0. The number of fused-ring (bicyclic) bond motifs is 1. The number of aliphatic hydroxyl groups is 2. The average Bonchev–Trinajstić information content (AvgIpc) is 1.73. The molecule has 117 heavy (non-hydrogen) atoms. The van der Waals surface area contributed by atoms with Crippen molar-refractivity contribution in [3.8, 4) is 0 Å². The highest BCUT2D eigenvalue weighted by molar-refractivity contribution is 6.05. The summed E-state index contributed by atoms with van der Waals surface area (Å²) in [6, 6.07) is -9.82. The van der Waals surface area contributed by atoms with Gasteiger partial charge in [0.1, 0.15) is 72.6 Å². The zero-order chi connectivity index (χ0) is 87.2. The van der Waals surface area contributed by atoms with Crippen LogP contribution in [0.25, 0.3) is 10.9 Å². The highest BCUT2D eigenvalue weighted by Gasteiger charge is 2.41. The van der Waals surface area contributed by atoms with Crippen LogP contribution >= 0.6 is 0 Å². The number of cyclic esters (lactones) is 1. The van der Waals surface area contributed by atoms with E-state index in [2.05, 4.69) is 70.4 Å². The maximum Gasteiger partial charge on any atom is 0.329 e. The van der Waals surface area contributed by atoms with Gasteiger partial charge in [-0.25, -0.2) is 4.79 Å². The van der Waals surface area contributed by atoms with E-state index in [9.17, 15) is 117 Å². The lowest BCUT2D eigenvalue weighted by atomic mass is 9.96. The number of aliphatic carboxylic acids is 3. The largest absolute Gasteiger partial charge is 0.481 e. The lowest BCUT2D eigenvalue weighted by Crippen LogP contribution is -2.61. The van der Waals surface area contributed by atoms with E-state index < -0.39 is 268 Å². The van der Waals surface area contributed by atoms with Gasteiger partial charge >= 0.3 is 23.9 Å². The number of nitrogen functional groups attached to an aromatic ring is 1. The fourth-order valence-corrected chi connectivity index (χ4v) is 12.0. The summed E-state index contributed by atoms with van der Waals surface area (Å²) in [5.74, 6) is -27.8. The Balaban J connectivity index is 1.88. The molecule has 27 N–H and O–H groups in total. The van der Waals surface area contributed by atoms with Crippen molar-refractivity contribution in [1.82, 2.24) is 79.4 Å². The Kier molecular flexibility index (Phi) is 40.4. The van der Waals surface area contributed by atoms with Crippen molar-refractivity contribution in [2.75, 3.05) is 38.6 Å². The first kappa shape index (κ1) is 96.5. The van der Waals surface area contributed by atoms with Crippen LogP contribution in [0.4, 0.5) is 5.69 Å². The molecule has 0 radical (unpaired) electrons. The van der Waals surface area contributed by atoms with E-state index in [1.54, 1.807) is 30.5 Å². The summed E-state index contributed by atoms with van der Waals surface area (Å²) < 4.78 is 5.74. The summed E-state index contributed by atoms with van der Waals surface area (Å²) in [7, 11) is 0. The number of carboxylic acid groups (broad SMARTS) is 3. The van der Waals surface area contributed by atoms with Crippen molar-refractivity contribution >= 4 is 135 Å². The maximum absolute atomic E-state index is 14.9. The number of Topliss-reactive ketones (excluding diaryl/α,β-unsaturated/α-hetero) is 1. The number of ether oxygens (including phenoxy) is 1. The third-order valence-electron chi connectivity index (χ3n) is 18.2. The Morgan fingerprint density at radius 3 is 1.76 bits per heavy atom. The van der Waals surface area contributed by atoms with Gasteiger partial charge in [-0.3, -0.25) is 91.7 Å². The number of hydrogen-bond acceptors (Lipinski definition) is 24. The van der Waals surface area contributed by atoms with Crippen LogP contribution in [0.2, 0.25) is 0 Å². The molecule has 0 unspecified atom stereocenters. The number of nitrogens with one attached hydrogen (secondary N) is 16. The van der Waals surface area contributed by atoms with E-state index >= 15 is 0 Å². The molecule has 0 bridgehead atoms. The number of guanidine groups is 1. The summed E-state index contributed by atoms with van der Waals surface area (Å²) in [5.41, 5.74) is 17.9. The molecule has 44 nitrogen and oxygen atoms in total. The number of H-pyrrole nitrogens is 1. The molecule has 1 aliphatic heterocycles. The fourth-order valence-electron chi connectivity index (χ4n) is 12.0. The minimum Gasteiger partial charge on any atom is -0.481 e. The molecule has 1 saturated heterocycles. The van der Waals surface area contributed by atoms with E-state index in [4.69, 9.17) is 27.3 Å². The molecule has 44 heteroatoms. The molecular weight excluding hydrogens is 1540 g/mol. The molecule has 13 atom stereocenters. The van der Waals surface area contributed by atoms with Crippen molar-refractivity contribution in [3.63, 3.8) is 0 Å². The predicted molar refractivity (Wildman–Crippen MR) is 411 cm³/mol. The number of unbranched alkanes of at least 4 members (excludes halogenated alkanes) is 6. The number of aromatic amines is 1. The van der Waals surface area contributed by atoms with Gasteiger partial charge in [0.05, 0.1) is 45.4 Å². The van der Waals surface area contributed by atoms with Gasteiger partial charge in [0.25, 0.3) is 0 Å². The third-order valence-corrected chi connectivity index (χ3v) is 18.2. The first-order chi connectivity index (χ1) is 55.4. The van der Waals surface area contributed by atoms with E-state index in [1.807, 2.05) is 16.0 Å². The molecule has 3 aromatic rings. The van der Waals surface area contributed by atoms with Crippen molar-refractivity contribution in [3.05, 3.63) is 65.9 Å². The Morgan fingerprint density at radius 1 is 0.581 bits per heavy atom. The third kappa shape index (κ3) is 33.6. The Labute approximate surface area is 669 Å². The van der Waals surface area contributed by atoms with Crippen molar-refractivity contribution < 1.29 is 121 Å². The standard InChI is InChI=1S/C73H105N19O25/c1-5-6-7-8-9-10-11-22-54(97)84-46(27-39-32-79-43-20-15-13-17-40(39)43)67(111)88-47(29-53(75)96)68(112)86-45(23-25-93)65(109)92-61-38(4)117-72(116)50(28-52(95)41-18-12-14-19-42(41)74)90-71(115)60(36(2)26-57(100)101)91-69(113)51(35-94)85-56(99)33-80-63(107)48(30-58(102)103)87-62(106)37(3)82-66(110)49(31-59(104)105)89-64(108)44(21-16-24-78-73(76)77)83-55(98)34-81-70(61)114/h12-15,17-20,32,36-38,44-51,60-61,79,93-94H,5-11,16,21-31,33-35,74H2,1-4H3,(H2,75,96)(H,80,107)(H,81,114)(H,82,110)(H,83,98)(H,84,97)(H,85,99)(H,86,112)(H,87,106)(H,88,111)(H,89,108)(H,90,115)(H,91,113)(H,92,109)(H,100,101)(H,102,103)(H,104,105)(H4,76,77,78)/t36-,37-,38-,44+,45+,46+,47+,48+,49+,50+,51-,60+,61+/m1/s1. The summed E-state index contributed by atoms with van der Waals surface area (Å²) in [4.78, 5) is 265. The number of ketones is 1. The second-order valence-electron chi connectivity index (χ2n) is 27.7. The Morgan fingerprint density at radius 2 is 1.15 bits per heavy atom. The lowest BCUT2D eigenvalue weighted by molar-refractivity contribution is -0.156. The second kappa shape index (κ2) is 49.0. The number of carboxylic acids is 3. The van der Waals surface area contributed by atoms with E-state index in [-0.39, 0.29) is 37.1 Å². The number of esters is 1. The van der Waals surface area contributed by atoms with E-state index in [1.165, 1.54) is 24.3 Å². The van der Waals surface area contributed by atoms with Gasteiger partial charge in [-0.05, 0) is 69.2 Å². The van der Waals surface area contributed by atoms with Crippen LogP contribution in [0.1, 0.15) is 146 Å². The van der Waals surface area contributed by atoms with Gasteiger partial charge in [0.15, 0.2) is 11.7 Å². The van der Waals surface area contributed by atoms with Crippen LogP contribution in [0.15, 0.2) is 54.7 Å².